The van der Waals surface area contributed by atoms with Gasteiger partial charge >= 0.3 is 0 Å². The predicted molar refractivity (Wildman–Crippen MR) is 81.4 cm³/mol. The summed E-state index contributed by atoms with van der Waals surface area (Å²) in [5, 5.41) is 9.81. The van der Waals surface area contributed by atoms with Crippen molar-refractivity contribution in [1.29, 1.82) is 0 Å². The Morgan fingerprint density at radius 1 is 1.35 bits per heavy atom. The van der Waals surface area contributed by atoms with Crippen LogP contribution in [-0.4, -0.2) is 48.3 Å². The first-order valence-corrected chi connectivity index (χ1v) is 7.20. The van der Waals surface area contributed by atoms with Crippen LogP contribution in [0.15, 0.2) is 22.6 Å². The maximum Gasteiger partial charge on any atom is 0.215 e. The van der Waals surface area contributed by atoms with Crippen molar-refractivity contribution in [3.8, 4) is 0 Å². The minimum absolute atomic E-state index is 0.166. The van der Waals surface area contributed by atoms with Crippen LogP contribution in [0.5, 0.6) is 0 Å². The van der Waals surface area contributed by atoms with Crippen LogP contribution in [0.4, 0.5) is 0 Å². The van der Waals surface area contributed by atoms with E-state index in [1.807, 2.05) is 13.8 Å². The van der Waals surface area contributed by atoms with Gasteiger partial charge in [0.1, 0.15) is 6.04 Å². The van der Waals surface area contributed by atoms with Gasteiger partial charge in [0.2, 0.25) is 11.8 Å². The molecule has 1 N–H and O–H groups in total. The Balaban J connectivity index is 3.24. The molecule has 0 saturated heterocycles. The molecule has 0 aliphatic carbocycles. The van der Waals surface area contributed by atoms with Crippen molar-refractivity contribution in [2.24, 2.45) is 15.9 Å². The minimum Gasteiger partial charge on any atom is -0.480 e. The molecular weight excluding hydrogens is 256 g/mol. The zero-order valence-electron chi connectivity index (χ0n) is 12.9. The highest BCUT2D eigenvalue weighted by Crippen LogP contribution is 2.28. The molecule has 0 saturated carbocycles. The van der Waals surface area contributed by atoms with E-state index in [-0.39, 0.29) is 18.6 Å². The lowest BCUT2D eigenvalue weighted by Gasteiger charge is -2.35. The summed E-state index contributed by atoms with van der Waals surface area (Å²) in [6.45, 7) is 12.5. The number of ether oxygens (including phenoxy) is 2. The van der Waals surface area contributed by atoms with E-state index in [2.05, 4.69) is 30.4 Å². The largest absolute Gasteiger partial charge is 0.480 e. The molecule has 1 heterocycles. The third kappa shape index (κ3) is 3.39. The van der Waals surface area contributed by atoms with Crippen LogP contribution in [0.3, 0.4) is 0 Å². The lowest BCUT2D eigenvalue weighted by molar-refractivity contribution is 0.191. The summed E-state index contributed by atoms with van der Waals surface area (Å²) in [5.74, 6) is 1.29. The summed E-state index contributed by atoms with van der Waals surface area (Å²) in [7, 11) is 0. The van der Waals surface area contributed by atoms with E-state index in [0.717, 1.165) is 0 Å². The van der Waals surface area contributed by atoms with Gasteiger partial charge in [-0.15, -0.1) is 6.58 Å². The van der Waals surface area contributed by atoms with Crippen molar-refractivity contribution in [3.05, 3.63) is 12.7 Å². The monoisotopic (exact) mass is 282 g/mol. The number of hydrogen-bond acceptors (Lipinski definition) is 5. The first-order chi connectivity index (χ1) is 9.54. The van der Waals surface area contributed by atoms with Gasteiger partial charge in [-0.2, -0.15) is 0 Å². The second-order valence-corrected chi connectivity index (χ2v) is 5.12. The summed E-state index contributed by atoms with van der Waals surface area (Å²) in [6, 6.07) is -0.166. The molecule has 1 aliphatic rings. The zero-order valence-corrected chi connectivity index (χ0v) is 12.9. The third-order valence-corrected chi connectivity index (χ3v) is 3.18. The Bertz CT molecular complexity index is 391. The van der Waals surface area contributed by atoms with E-state index in [4.69, 9.17) is 9.47 Å². The van der Waals surface area contributed by atoms with E-state index in [1.165, 1.54) is 0 Å². The first-order valence-electron chi connectivity index (χ1n) is 7.20. The lowest BCUT2D eigenvalue weighted by atomic mass is 9.92. The molecule has 2 atom stereocenters. The van der Waals surface area contributed by atoms with E-state index in [9.17, 15) is 5.11 Å². The van der Waals surface area contributed by atoms with Crippen LogP contribution in [0.1, 0.15) is 34.1 Å². The molecule has 0 aromatic heterocycles. The van der Waals surface area contributed by atoms with E-state index in [0.29, 0.717) is 31.4 Å². The fourth-order valence-corrected chi connectivity index (χ4v) is 2.17. The van der Waals surface area contributed by atoms with Crippen LogP contribution in [0.2, 0.25) is 0 Å². The zero-order chi connectivity index (χ0) is 15.2. The summed E-state index contributed by atoms with van der Waals surface area (Å²) >= 11 is 0. The van der Waals surface area contributed by atoms with Gasteiger partial charge < -0.3 is 14.6 Å². The van der Waals surface area contributed by atoms with Crippen LogP contribution >= 0.6 is 0 Å². The maximum absolute atomic E-state index is 9.81. The number of aliphatic imine (C=N–C) groups is 2. The Hall–Kier alpha value is -1.36. The predicted octanol–water partition coefficient (Wildman–Crippen LogP) is 2.20. The van der Waals surface area contributed by atoms with Crippen molar-refractivity contribution >= 4 is 11.8 Å². The molecule has 0 unspecified atom stereocenters. The van der Waals surface area contributed by atoms with E-state index in [1.54, 1.807) is 6.08 Å². The number of hydrogen-bond donors (Lipinski definition) is 1. The summed E-state index contributed by atoms with van der Waals surface area (Å²) in [6.07, 6.45) is 2.18. The van der Waals surface area contributed by atoms with Gasteiger partial charge in [0.05, 0.1) is 19.8 Å². The quantitative estimate of drug-likeness (QED) is 0.760. The summed E-state index contributed by atoms with van der Waals surface area (Å²) in [5.41, 5.74) is -0.895. The SMILES string of the molecule is C=CC[C@@]1(CO)N=C(OCC)[C@H](C(C)C)N=C1OCC. The van der Waals surface area contributed by atoms with Crippen molar-refractivity contribution in [1.82, 2.24) is 0 Å². The highest BCUT2D eigenvalue weighted by Gasteiger charge is 2.42. The van der Waals surface area contributed by atoms with E-state index >= 15 is 0 Å². The molecule has 0 bridgehead atoms. The third-order valence-electron chi connectivity index (χ3n) is 3.18. The molecule has 1 aliphatic heterocycles. The van der Waals surface area contributed by atoms with Gasteiger partial charge in [-0.3, -0.25) is 0 Å². The van der Waals surface area contributed by atoms with Crippen LogP contribution in [-0.2, 0) is 9.47 Å². The maximum atomic E-state index is 9.81. The van der Waals surface area contributed by atoms with Crippen molar-refractivity contribution in [3.63, 3.8) is 0 Å². The second-order valence-electron chi connectivity index (χ2n) is 5.12. The minimum atomic E-state index is -0.895. The smallest absolute Gasteiger partial charge is 0.215 e. The summed E-state index contributed by atoms with van der Waals surface area (Å²) in [4.78, 5) is 9.28. The molecule has 0 aromatic carbocycles. The van der Waals surface area contributed by atoms with Gasteiger partial charge in [0.25, 0.3) is 0 Å². The second kappa shape index (κ2) is 7.43. The van der Waals surface area contributed by atoms with Crippen LogP contribution in [0, 0.1) is 5.92 Å². The highest BCUT2D eigenvalue weighted by atomic mass is 16.5. The average Bonchev–Trinajstić information content (AvgIpc) is 2.41. The topological polar surface area (TPSA) is 63.4 Å². The van der Waals surface area contributed by atoms with Crippen molar-refractivity contribution in [2.75, 3.05) is 19.8 Å². The molecule has 5 nitrogen and oxygen atoms in total. The molecule has 114 valence electrons. The number of aliphatic hydroxyl groups excluding tert-OH is 1. The highest BCUT2D eigenvalue weighted by molar-refractivity contribution is 5.97. The Labute approximate surface area is 121 Å². The lowest BCUT2D eigenvalue weighted by Crippen LogP contribution is -2.49. The molecule has 0 fully saturated rings. The molecule has 0 amide bonds. The number of aliphatic hydroxyl groups is 1. The molecule has 5 heteroatoms. The van der Waals surface area contributed by atoms with Crippen molar-refractivity contribution in [2.45, 2.75) is 45.7 Å². The van der Waals surface area contributed by atoms with Gasteiger partial charge in [-0.05, 0) is 19.8 Å². The first kappa shape index (κ1) is 16.7. The van der Waals surface area contributed by atoms with E-state index < -0.39 is 5.54 Å². The molecule has 0 radical (unpaired) electrons. The van der Waals surface area contributed by atoms with Gasteiger partial charge in [0.15, 0.2) is 5.54 Å². The molecule has 0 spiro atoms. The molecule has 20 heavy (non-hydrogen) atoms. The van der Waals surface area contributed by atoms with Crippen LogP contribution < -0.4 is 0 Å². The van der Waals surface area contributed by atoms with Crippen LogP contribution in [0.25, 0.3) is 0 Å². The molecular formula is C15H26N2O3. The standard InChI is InChI=1S/C15H26N2O3/c1-6-9-15(10-18)14(20-8-3)16-12(11(4)5)13(17-15)19-7-2/h6,11-12,18H,1,7-10H2,2-5H3/t12-,15-/m0/s1. The van der Waals surface area contributed by atoms with Gasteiger partial charge in [-0.25, -0.2) is 9.98 Å². The van der Waals surface area contributed by atoms with Gasteiger partial charge in [-0.1, -0.05) is 19.9 Å². The summed E-state index contributed by atoms with van der Waals surface area (Å²) < 4.78 is 11.3. The fourth-order valence-electron chi connectivity index (χ4n) is 2.17. The number of rotatable bonds is 6. The fraction of sp³-hybridized carbons (Fsp3) is 0.733. The average molecular weight is 282 g/mol. The molecule has 0 aromatic rings. The Morgan fingerprint density at radius 2 is 2.00 bits per heavy atom. The Morgan fingerprint density at radius 3 is 2.45 bits per heavy atom. The van der Waals surface area contributed by atoms with Crippen molar-refractivity contribution < 1.29 is 14.6 Å². The normalized spacial score (nSPS) is 26.0. The van der Waals surface area contributed by atoms with Gasteiger partial charge in [0, 0.05) is 6.42 Å². The number of nitrogens with zero attached hydrogens (tertiary/aromatic N) is 2. The Kier molecular flexibility index (Phi) is 6.20. The molecule has 1 rings (SSSR count).